The van der Waals surface area contributed by atoms with E-state index in [1.807, 2.05) is 0 Å². The van der Waals surface area contributed by atoms with Crippen molar-refractivity contribution in [3.63, 3.8) is 0 Å². The molecule has 0 spiro atoms. The van der Waals surface area contributed by atoms with Crippen molar-refractivity contribution in [1.82, 2.24) is 20.2 Å². The average Bonchev–Trinajstić information content (AvgIpc) is 3.36. The number of primary amides is 1. The van der Waals surface area contributed by atoms with E-state index >= 15 is 0 Å². The van der Waals surface area contributed by atoms with Crippen LogP contribution in [0.15, 0.2) is 48.8 Å². The number of nitrogens with two attached hydrogens (primary N) is 1. The smallest absolute Gasteiger partial charge is 0.414 e. The van der Waals surface area contributed by atoms with E-state index in [0.29, 0.717) is 23.2 Å². The number of cyclic esters (lactones) is 1. The molecule has 0 saturated carbocycles. The quantitative estimate of drug-likeness (QED) is 0.682. The molecule has 1 unspecified atom stereocenters. The first-order chi connectivity index (χ1) is 14.0. The third kappa shape index (κ3) is 3.91. The Bertz CT molecular complexity index is 1040. The highest BCUT2D eigenvalue weighted by atomic mass is 19.1. The Labute approximate surface area is 164 Å². The molecule has 9 nitrogen and oxygen atoms in total. The SMILES string of the molecule is NC(=O)CCC1CN(c2ccc(-c3ccc(-n4cnnn4)cc3)c(F)c2)C(=O)O1. The molecule has 2 aromatic carbocycles. The van der Waals surface area contributed by atoms with Crippen LogP contribution in [0.1, 0.15) is 12.8 Å². The number of carbonyl (C=O) groups is 2. The van der Waals surface area contributed by atoms with Gasteiger partial charge in [0.25, 0.3) is 0 Å². The Balaban J connectivity index is 1.51. The Hall–Kier alpha value is -3.82. The van der Waals surface area contributed by atoms with Gasteiger partial charge >= 0.3 is 6.09 Å². The minimum atomic E-state index is -0.572. The summed E-state index contributed by atoms with van der Waals surface area (Å²) in [4.78, 5) is 24.3. The molecule has 148 valence electrons. The highest BCUT2D eigenvalue weighted by Crippen LogP contribution is 2.30. The number of aromatic nitrogens is 4. The molecule has 1 aromatic heterocycles. The van der Waals surface area contributed by atoms with E-state index in [4.69, 9.17) is 10.5 Å². The fourth-order valence-corrected chi connectivity index (χ4v) is 3.17. The summed E-state index contributed by atoms with van der Waals surface area (Å²) in [6.07, 6.45) is 0.913. The number of halogens is 1. The average molecular weight is 396 g/mol. The van der Waals surface area contributed by atoms with Crippen LogP contribution in [0.2, 0.25) is 0 Å². The van der Waals surface area contributed by atoms with Crippen LogP contribution < -0.4 is 10.6 Å². The number of anilines is 1. The Morgan fingerprint density at radius 3 is 2.62 bits per heavy atom. The van der Waals surface area contributed by atoms with Crippen LogP contribution in [-0.2, 0) is 9.53 Å². The molecule has 2 N–H and O–H groups in total. The van der Waals surface area contributed by atoms with Gasteiger partial charge in [-0.25, -0.2) is 13.9 Å². The zero-order valence-corrected chi connectivity index (χ0v) is 15.2. The molecule has 2 amide bonds. The van der Waals surface area contributed by atoms with Crippen molar-refractivity contribution in [2.75, 3.05) is 11.4 Å². The van der Waals surface area contributed by atoms with Crippen LogP contribution >= 0.6 is 0 Å². The van der Waals surface area contributed by atoms with Gasteiger partial charge in [0.1, 0.15) is 18.2 Å². The van der Waals surface area contributed by atoms with E-state index in [-0.39, 0.29) is 13.0 Å². The van der Waals surface area contributed by atoms with Crippen molar-refractivity contribution in [3.8, 4) is 16.8 Å². The fraction of sp³-hybridized carbons (Fsp3) is 0.211. The highest BCUT2D eigenvalue weighted by Gasteiger charge is 2.32. The molecule has 1 saturated heterocycles. The minimum Gasteiger partial charge on any atom is -0.444 e. The summed E-state index contributed by atoms with van der Waals surface area (Å²) in [5, 5.41) is 11.0. The summed E-state index contributed by atoms with van der Waals surface area (Å²) in [6, 6.07) is 11.6. The standard InChI is InChI=1S/C19H17FN6O3/c20-17-9-14(25-10-15(29-19(25)28)6-8-18(21)27)5-7-16(17)12-1-3-13(4-2-12)26-11-22-23-24-26/h1-5,7,9,11,15H,6,8,10H2,(H2,21,27). The first-order valence-electron chi connectivity index (χ1n) is 8.91. The van der Waals surface area contributed by atoms with Gasteiger partial charge in [0, 0.05) is 12.0 Å². The molecule has 1 fully saturated rings. The van der Waals surface area contributed by atoms with Gasteiger partial charge in [0.2, 0.25) is 5.91 Å². The summed E-state index contributed by atoms with van der Waals surface area (Å²) in [6.45, 7) is 0.242. The number of hydrogen-bond acceptors (Lipinski definition) is 6. The maximum atomic E-state index is 14.8. The van der Waals surface area contributed by atoms with Gasteiger partial charge in [-0.05, 0) is 52.7 Å². The number of tetrazole rings is 1. The first-order valence-corrected chi connectivity index (χ1v) is 8.91. The molecule has 0 aliphatic carbocycles. The van der Waals surface area contributed by atoms with Crippen molar-refractivity contribution in [3.05, 3.63) is 54.6 Å². The molecule has 1 atom stereocenters. The number of ether oxygens (including phenoxy) is 1. The van der Waals surface area contributed by atoms with Gasteiger partial charge in [-0.15, -0.1) is 5.10 Å². The molecule has 0 bridgehead atoms. The third-order valence-electron chi connectivity index (χ3n) is 4.64. The lowest BCUT2D eigenvalue weighted by Gasteiger charge is -2.14. The second kappa shape index (κ2) is 7.66. The van der Waals surface area contributed by atoms with Gasteiger partial charge in [0.15, 0.2) is 0 Å². The van der Waals surface area contributed by atoms with Crippen LogP contribution in [0.5, 0.6) is 0 Å². The zero-order chi connectivity index (χ0) is 20.4. The van der Waals surface area contributed by atoms with Crippen LogP contribution in [0.4, 0.5) is 14.9 Å². The molecule has 10 heteroatoms. The lowest BCUT2D eigenvalue weighted by molar-refractivity contribution is -0.118. The first kappa shape index (κ1) is 18.5. The lowest BCUT2D eigenvalue weighted by atomic mass is 10.0. The number of carbonyl (C=O) groups excluding carboxylic acids is 2. The number of nitrogens with zero attached hydrogens (tertiary/aromatic N) is 5. The zero-order valence-electron chi connectivity index (χ0n) is 15.2. The normalized spacial score (nSPS) is 16.1. The molecule has 0 radical (unpaired) electrons. The molecular formula is C19H17FN6O3. The number of benzene rings is 2. The maximum Gasteiger partial charge on any atom is 0.414 e. The number of hydrogen-bond donors (Lipinski definition) is 1. The number of rotatable bonds is 6. The summed E-state index contributed by atoms with van der Waals surface area (Å²) in [5.74, 6) is -0.924. The fourth-order valence-electron chi connectivity index (χ4n) is 3.17. The summed E-state index contributed by atoms with van der Waals surface area (Å²) >= 11 is 0. The van der Waals surface area contributed by atoms with Gasteiger partial charge in [-0.1, -0.05) is 12.1 Å². The molecular weight excluding hydrogens is 379 g/mol. The Kier molecular flexibility index (Phi) is 4.90. The molecule has 1 aliphatic rings. The topological polar surface area (TPSA) is 116 Å². The van der Waals surface area contributed by atoms with E-state index in [2.05, 4.69) is 15.5 Å². The summed E-state index contributed by atoms with van der Waals surface area (Å²) in [5.41, 5.74) is 7.34. The molecule has 2 heterocycles. The van der Waals surface area contributed by atoms with Crippen LogP contribution in [-0.4, -0.2) is 44.9 Å². The van der Waals surface area contributed by atoms with Crippen LogP contribution in [0.25, 0.3) is 16.8 Å². The Morgan fingerprint density at radius 1 is 1.21 bits per heavy atom. The van der Waals surface area contributed by atoms with Gasteiger partial charge in [-0.3, -0.25) is 9.69 Å². The largest absolute Gasteiger partial charge is 0.444 e. The van der Waals surface area contributed by atoms with Gasteiger partial charge in [-0.2, -0.15) is 0 Å². The second-order valence-electron chi connectivity index (χ2n) is 6.59. The van der Waals surface area contributed by atoms with E-state index in [1.165, 1.54) is 22.0 Å². The van der Waals surface area contributed by atoms with Crippen molar-refractivity contribution in [2.45, 2.75) is 18.9 Å². The molecule has 4 rings (SSSR count). The molecule has 3 aromatic rings. The third-order valence-corrected chi connectivity index (χ3v) is 4.64. The van der Waals surface area contributed by atoms with E-state index < -0.39 is 23.9 Å². The van der Waals surface area contributed by atoms with Crippen molar-refractivity contribution in [1.29, 1.82) is 0 Å². The van der Waals surface area contributed by atoms with Crippen molar-refractivity contribution >= 4 is 17.7 Å². The van der Waals surface area contributed by atoms with E-state index in [1.54, 1.807) is 36.4 Å². The minimum absolute atomic E-state index is 0.125. The van der Waals surface area contributed by atoms with Crippen molar-refractivity contribution < 1.29 is 18.7 Å². The van der Waals surface area contributed by atoms with Crippen molar-refractivity contribution in [2.24, 2.45) is 5.73 Å². The summed E-state index contributed by atoms with van der Waals surface area (Å²) < 4.78 is 21.5. The lowest BCUT2D eigenvalue weighted by Crippen LogP contribution is -2.25. The second-order valence-corrected chi connectivity index (χ2v) is 6.59. The Morgan fingerprint density at radius 2 is 1.97 bits per heavy atom. The molecule has 1 aliphatic heterocycles. The van der Waals surface area contributed by atoms with E-state index in [0.717, 1.165) is 5.69 Å². The molecule has 29 heavy (non-hydrogen) atoms. The summed E-state index contributed by atoms with van der Waals surface area (Å²) in [7, 11) is 0. The predicted octanol–water partition coefficient (Wildman–Crippen LogP) is 2.06. The maximum absolute atomic E-state index is 14.8. The predicted molar refractivity (Wildman–Crippen MR) is 101 cm³/mol. The van der Waals surface area contributed by atoms with Crippen LogP contribution in [0.3, 0.4) is 0 Å². The van der Waals surface area contributed by atoms with Crippen LogP contribution in [0, 0.1) is 5.82 Å². The van der Waals surface area contributed by atoms with E-state index in [9.17, 15) is 14.0 Å². The van der Waals surface area contributed by atoms with Gasteiger partial charge in [0.05, 0.1) is 17.9 Å². The monoisotopic (exact) mass is 396 g/mol. The van der Waals surface area contributed by atoms with Gasteiger partial charge < -0.3 is 10.5 Å². The number of amides is 2. The highest BCUT2D eigenvalue weighted by molar-refractivity contribution is 5.90.